The second-order valence-corrected chi connectivity index (χ2v) is 6.51. The normalized spacial score (nSPS) is 24.5. The van der Waals surface area contributed by atoms with Gasteiger partial charge in [-0.3, -0.25) is 4.79 Å². The lowest BCUT2D eigenvalue weighted by atomic mass is 9.83. The van der Waals surface area contributed by atoms with Crippen LogP contribution in [0.15, 0.2) is 0 Å². The van der Waals surface area contributed by atoms with Gasteiger partial charge in [0.25, 0.3) is 0 Å². The molecule has 0 aromatic heterocycles. The van der Waals surface area contributed by atoms with Crippen molar-refractivity contribution in [3.05, 3.63) is 0 Å². The van der Waals surface area contributed by atoms with Crippen LogP contribution < -0.4 is 0 Å². The number of esters is 1. The molecule has 1 aliphatic heterocycles. The number of piperidine rings is 1. The van der Waals surface area contributed by atoms with Crippen molar-refractivity contribution in [2.24, 2.45) is 5.92 Å². The number of likely N-dealkylation sites (tertiary alicyclic amines) is 1. The second kappa shape index (κ2) is 7.41. The molecule has 0 aromatic rings. The molecule has 2 rings (SSSR count). The SMILES string of the molecule is CCOC(=O)CC1CCN(CC2(O)CCCCC2)CC1. The lowest BCUT2D eigenvalue weighted by Gasteiger charge is -2.39. The summed E-state index contributed by atoms with van der Waals surface area (Å²) >= 11 is 0. The third-order valence-electron chi connectivity index (χ3n) is 4.77. The van der Waals surface area contributed by atoms with Crippen molar-refractivity contribution in [2.75, 3.05) is 26.2 Å². The first kappa shape index (κ1) is 15.8. The van der Waals surface area contributed by atoms with Crippen LogP contribution in [0.2, 0.25) is 0 Å². The van der Waals surface area contributed by atoms with Gasteiger partial charge in [-0.25, -0.2) is 0 Å². The summed E-state index contributed by atoms with van der Waals surface area (Å²) in [6.45, 7) is 5.16. The fourth-order valence-corrected chi connectivity index (χ4v) is 3.59. The van der Waals surface area contributed by atoms with Crippen LogP contribution in [-0.4, -0.2) is 47.8 Å². The van der Waals surface area contributed by atoms with Crippen LogP contribution >= 0.6 is 0 Å². The van der Waals surface area contributed by atoms with Crippen molar-refractivity contribution in [2.45, 2.75) is 63.9 Å². The molecule has 20 heavy (non-hydrogen) atoms. The first-order chi connectivity index (χ1) is 9.61. The summed E-state index contributed by atoms with van der Waals surface area (Å²) in [5, 5.41) is 10.6. The number of ether oxygens (including phenoxy) is 1. The largest absolute Gasteiger partial charge is 0.466 e. The van der Waals surface area contributed by atoms with E-state index in [0.29, 0.717) is 18.9 Å². The standard InChI is InChI=1S/C16H29NO3/c1-2-20-15(18)12-14-6-10-17(11-7-14)13-16(19)8-4-3-5-9-16/h14,19H,2-13H2,1H3. The highest BCUT2D eigenvalue weighted by Crippen LogP contribution is 2.30. The molecule has 1 N–H and O–H groups in total. The minimum Gasteiger partial charge on any atom is -0.466 e. The number of aliphatic hydroxyl groups is 1. The molecule has 0 unspecified atom stereocenters. The summed E-state index contributed by atoms with van der Waals surface area (Å²) in [5.74, 6) is 0.406. The molecule has 0 atom stereocenters. The van der Waals surface area contributed by atoms with Crippen LogP contribution in [0.3, 0.4) is 0 Å². The first-order valence-electron chi connectivity index (χ1n) is 8.22. The molecule has 2 aliphatic rings. The minimum atomic E-state index is -0.452. The lowest BCUT2D eigenvalue weighted by molar-refractivity contribution is -0.144. The third-order valence-corrected chi connectivity index (χ3v) is 4.77. The van der Waals surface area contributed by atoms with Crippen molar-refractivity contribution in [1.82, 2.24) is 4.90 Å². The van der Waals surface area contributed by atoms with Crippen molar-refractivity contribution < 1.29 is 14.6 Å². The van der Waals surface area contributed by atoms with Gasteiger partial charge in [-0.05, 0) is 51.6 Å². The maximum Gasteiger partial charge on any atom is 0.306 e. The van der Waals surface area contributed by atoms with Crippen LogP contribution in [0, 0.1) is 5.92 Å². The Kier molecular flexibility index (Phi) is 5.85. The van der Waals surface area contributed by atoms with Gasteiger partial charge >= 0.3 is 5.97 Å². The Balaban J connectivity index is 1.70. The van der Waals surface area contributed by atoms with E-state index in [9.17, 15) is 9.90 Å². The molecular formula is C16H29NO3. The zero-order valence-corrected chi connectivity index (χ0v) is 12.8. The predicted molar refractivity (Wildman–Crippen MR) is 78.4 cm³/mol. The first-order valence-corrected chi connectivity index (χ1v) is 8.22. The topological polar surface area (TPSA) is 49.8 Å². The van der Waals surface area contributed by atoms with Crippen molar-refractivity contribution >= 4 is 5.97 Å². The molecule has 1 saturated heterocycles. The summed E-state index contributed by atoms with van der Waals surface area (Å²) < 4.78 is 5.02. The van der Waals surface area contributed by atoms with Crippen molar-refractivity contribution in [3.8, 4) is 0 Å². The number of hydrogen-bond acceptors (Lipinski definition) is 4. The van der Waals surface area contributed by atoms with Gasteiger partial charge < -0.3 is 14.7 Å². The van der Waals surface area contributed by atoms with Gasteiger partial charge in [0, 0.05) is 13.0 Å². The van der Waals surface area contributed by atoms with Crippen LogP contribution in [-0.2, 0) is 9.53 Å². The van der Waals surface area contributed by atoms with Crippen molar-refractivity contribution in [1.29, 1.82) is 0 Å². The number of hydrogen-bond donors (Lipinski definition) is 1. The van der Waals surface area contributed by atoms with Gasteiger partial charge in [-0.15, -0.1) is 0 Å². The monoisotopic (exact) mass is 283 g/mol. The van der Waals surface area contributed by atoms with E-state index in [1.807, 2.05) is 6.92 Å². The number of rotatable bonds is 5. The number of carbonyl (C=O) groups excluding carboxylic acids is 1. The van der Waals surface area contributed by atoms with E-state index in [-0.39, 0.29) is 5.97 Å². The molecule has 1 saturated carbocycles. The van der Waals surface area contributed by atoms with E-state index in [1.54, 1.807) is 0 Å². The van der Waals surface area contributed by atoms with E-state index in [0.717, 1.165) is 58.2 Å². The molecule has 0 spiro atoms. The number of nitrogens with zero attached hydrogens (tertiary/aromatic N) is 1. The molecular weight excluding hydrogens is 254 g/mol. The summed E-state index contributed by atoms with van der Waals surface area (Å²) in [7, 11) is 0. The van der Waals surface area contributed by atoms with Crippen LogP contribution in [0.4, 0.5) is 0 Å². The Hall–Kier alpha value is -0.610. The van der Waals surface area contributed by atoms with Gasteiger partial charge in [0.1, 0.15) is 0 Å². The van der Waals surface area contributed by atoms with E-state index < -0.39 is 5.60 Å². The Morgan fingerprint density at radius 1 is 1.25 bits per heavy atom. The summed E-state index contributed by atoms with van der Waals surface area (Å²) in [6, 6.07) is 0. The van der Waals surface area contributed by atoms with Gasteiger partial charge in [-0.2, -0.15) is 0 Å². The highest BCUT2D eigenvalue weighted by atomic mass is 16.5. The van der Waals surface area contributed by atoms with E-state index >= 15 is 0 Å². The Morgan fingerprint density at radius 2 is 1.90 bits per heavy atom. The molecule has 2 fully saturated rings. The van der Waals surface area contributed by atoms with Crippen LogP contribution in [0.25, 0.3) is 0 Å². The predicted octanol–water partition coefficient (Wildman–Crippen LogP) is 2.35. The molecule has 0 aromatic carbocycles. The molecule has 4 heteroatoms. The highest BCUT2D eigenvalue weighted by molar-refractivity contribution is 5.69. The molecule has 0 bridgehead atoms. The minimum absolute atomic E-state index is 0.0585. The average molecular weight is 283 g/mol. The van der Waals surface area contributed by atoms with Crippen LogP contribution in [0.1, 0.15) is 58.3 Å². The zero-order valence-electron chi connectivity index (χ0n) is 12.8. The fourth-order valence-electron chi connectivity index (χ4n) is 3.59. The Labute approximate surface area is 122 Å². The second-order valence-electron chi connectivity index (χ2n) is 6.51. The van der Waals surface area contributed by atoms with Crippen molar-refractivity contribution in [3.63, 3.8) is 0 Å². The van der Waals surface area contributed by atoms with E-state index in [1.165, 1.54) is 6.42 Å². The quantitative estimate of drug-likeness (QED) is 0.787. The molecule has 1 aliphatic carbocycles. The number of carbonyl (C=O) groups is 1. The smallest absolute Gasteiger partial charge is 0.306 e. The highest BCUT2D eigenvalue weighted by Gasteiger charge is 2.32. The van der Waals surface area contributed by atoms with Crippen LogP contribution in [0.5, 0.6) is 0 Å². The maximum atomic E-state index is 11.5. The van der Waals surface area contributed by atoms with E-state index in [4.69, 9.17) is 4.74 Å². The summed E-state index contributed by atoms with van der Waals surface area (Å²) in [5.41, 5.74) is -0.452. The average Bonchev–Trinajstić information content (AvgIpc) is 2.42. The Bertz CT molecular complexity index is 305. The van der Waals surface area contributed by atoms with Gasteiger partial charge in [0.15, 0.2) is 0 Å². The third kappa shape index (κ3) is 4.74. The van der Waals surface area contributed by atoms with Gasteiger partial charge in [-0.1, -0.05) is 19.3 Å². The molecule has 0 radical (unpaired) electrons. The molecule has 4 nitrogen and oxygen atoms in total. The van der Waals surface area contributed by atoms with E-state index in [2.05, 4.69) is 4.90 Å². The molecule has 0 amide bonds. The van der Waals surface area contributed by atoms with Gasteiger partial charge in [0.05, 0.1) is 12.2 Å². The molecule has 1 heterocycles. The Morgan fingerprint density at radius 3 is 2.50 bits per heavy atom. The maximum absolute atomic E-state index is 11.5. The lowest BCUT2D eigenvalue weighted by Crippen LogP contribution is -2.47. The molecule has 116 valence electrons. The van der Waals surface area contributed by atoms with Gasteiger partial charge in [0.2, 0.25) is 0 Å². The number of β-amino-alcohol motifs (C(OH)–C–C–N with tert-alkyl or cyclic N) is 1. The summed E-state index contributed by atoms with van der Waals surface area (Å²) in [4.78, 5) is 13.9. The zero-order chi connectivity index (χ0) is 14.4. The summed E-state index contributed by atoms with van der Waals surface area (Å²) in [6.07, 6.45) is 8.16. The fraction of sp³-hybridized carbons (Fsp3) is 0.938.